The molecule has 1 amide bonds. The first-order valence-corrected chi connectivity index (χ1v) is 6.36. The smallest absolute Gasteiger partial charge is 0.255 e. The third kappa shape index (κ3) is 2.98. The molecule has 5 heteroatoms. The number of carbonyl (C=O) groups is 1. The van der Waals surface area contributed by atoms with Crippen molar-refractivity contribution in [3.05, 3.63) is 24.0 Å². The summed E-state index contributed by atoms with van der Waals surface area (Å²) < 4.78 is 0. The number of piperazine rings is 1. The third-order valence-corrected chi connectivity index (χ3v) is 3.17. The van der Waals surface area contributed by atoms with Crippen molar-refractivity contribution in [2.24, 2.45) is 0 Å². The highest BCUT2D eigenvalue weighted by Crippen LogP contribution is 2.12. The average molecular weight is 249 g/mol. The fourth-order valence-electron chi connectivity index (χ4n) is 2.22. The Morgan fingerprint density at radius 1 is 1.33 bits per heavy atom. The Bertz CT molecular complexity index is 414. The Balaban J connectivity index is 1.95. The van der Waals surface area contributed by atoms with Gasteiger partial charge in [-0.25, -0.2) is 0 Å². The van der Waals surface area contributed by atoms with Crippen molar-refractivity contribution in [1.29, 1.82) is 0 Å². The second-order valence-electron chi connectivity index (χ2n) is 4.57. The zero-order valence-electron chi connectivity index (χ0n) is 10.7. The standard InChI is InChI=1S/C13H19N3O2/c1-2-3-15-4-6-16(7-5-15)13(18)11-8-12(17)10-14-9-11/h8-10,17H,2-7H2,1H3. The van der Waals surface area contributed by atoms with Gasteiger partial charge in [0, 0.05) is 32.4 Å². The molecule has 1 aliphatic rings. The van der Waals surface area contributed by atoms with Crippen molar-refractivity contribution in [2.45, 2.75) is 13.3 Å². The van der Waals surface area contributed by atoms with E-state index in [0.29, 0.717) is 5.56 Å². The van der Waals surface area contributed by atoms with Crippen LogP contribution in [0.15, 0.2) is 18.5 Å². The van der Waals surface area contributed by atoms with Gasteiger partial charge in [-0.3, -0.25) is 14.7 Å². The van der Waals surface area contributed by atoms with Crippen LogP contribution < -0.4 is 0 Å². The van der Waals surface area contributed by atoms with Crippen LogP contribution in [0.5, 0.6) is 5.75 Å². The molecule has 0 radical (unpaired) electrons. The summed E-state index contributed by atoms with van der Waals surface area (Å²) in [5.41, 5.74) is 0.457. The zero-order valence-corrected chi connectivity index (χ0v) is 10.7. The Hall–Kier alpha value is -1.62. The minimum Gasteiger partial charge on any atom is -0.506 e. The molecule has 1 saturated heterocycles. The van der Waals surface area contributed by atoms with Gasteiger partial charge in [0.1, 0.15) is 5.75 Å². The van der Waals surface area contributed by atoms with Crippen molar-refractivity contribution < 1.29 is 9.90 Å². The SMILES string of the molecule is CCCN1CCN(C(=O)c2cncc(O)c2)CC1. The van der Waals surface area contributed by atoms with Crippen LogP contribution in [0, 0.1) is 0 Å². The second-order valence-corrected chi connectivity index (χ2v) is 4.57. The average Bonchev–Trinajstić information content (AvgIpc) is 2.39. The predicted molar refractivity (Wildman–Crippen MR) is 68.5 cm³/mol. The van der Waals surface area contributed by atoms with E-state index < -0.39 is 0 Å². The van der Waals surface area contributed by atoms with Gasteiger partial charge in [0.15, 0.2) is 0 Å². The number of aromatic hydroxyl groups is 1. The molecule has 0 atom stereocenters. The minimum atomic E-state index is -0.0467. The lowest BCUT2D eigenvalue weighted by Crippen LogP contribution is -2.48. The van der Waals surface area contributed by atoms with Crippen LogP contribution in [0.2, 0.25) is 0 Å². The first kappa shape index (κ1) is 12.8. The Morgan fingerprint density at radius 3 is 2.67 bits per heavy atom. The molecule has 98 valence electrons. The maximum Gasteiger partial charge on any atom is 0.255 e. The number of rotatable bonds is 3. The lowest BCUT2D eigenvalue weighted by Gasteiger charge is -2.34. The van der Waals surface area contributed by atoms with E-state index in [1.165, 1.54) is 18.5 Å². The molecule has 0 bridgehead atoms. The van der Waals surface area contributed by atoms with Crippen molar-refractivity contribution in [2.75, 3.05) is 32.7 Å². The number of amides is 1. The normalized spacial score (nSPS) is 16.8. The van der Waals surface area contributed by atoms with Crippen LogP contribution in [0.1, 0.15) is 23.7 Å². The van der Waals surface area contributed by atoms with Gasteiger partial charge in [-0.1, -0.05) is 6.92 Å². The van der Waals surface area contributed by atoms with Crippen molar-refractivity contribution in [1.82, 2.24) is 14.8 Å². The van der Waals surface area contributed by atoms with Gasteiger partial charge in [0.05, 0.1) is 11.8 Å². The summed E-state index contributed by atoms with van der Waals surface area (Å²) >= 11 is 0. The highest BCUT2D eigenvalue weighted by Gasteiger charge is 2.21. The molecule has 0 spiro atoms. The maximum atomic E-state index is 12.2. The van der Waals surface area contributed by atoms with Gasteiger partial charge in [0.25, 0.3) is 5.91 Å². The van der Waals surface area contributed by atoms with Crippen LogP contribution in [0.3, 0.4) is 0 Å². The Kier molecular flexibility index (Phi) is 4.15. The van der Waals surface area contributed by atoms with Gasteiger partial charge in [-0.15, -0.1) is 0 Å². The number of nitrogens with zero attached hydrogens (tertiary/aromatic N) is 3. The first-order valence-electron chi connectivity index (χ1n) is 6.36. The summed E-state index contributed by atoms with van der Waals surface area (Å²) in [6, 6.07) is 1.47. The van der Waals surface area contributed by atoms with E-state index in [-0.39, 0.29) is 11.7 Å². The Labute approximate surface area is 107 Å². The summed E-state index contributed by atoms with van der Waals surface area (Å²) in [7, 11) is 0. The summed E-state index contributed by atoms with van der Waals surface area (Å²) in [4.78, 5) is 20.2. The molecule has 2 rings (SSSR count). The van der Waals surface area contributed by atoms with Crippen molar-refractivity contribution >= 4 is 5.91 Å². The third-order valence-electron chi connectivity index (χ3n) is 3.17. The van der Waals surface area contributed by atoms with E-state index in [1.807, 2.05) is 4.90 Å². The topological polar surface area (TPSA) is 56.7 Å². The lowest BCUT2D eigenvalue weighted by molar-refractivity contribution is 0.0636. The van der Waals surface area contributed by atoms with E-state index in [0.717, 1.165) is 39.1 Å². The highest BCUT2D eigenvalue weighted by molar-refractivity contribution is 5.94. The monoisotopic (exact) mass is 249 g/mol. The molecule has 5 nitrogen and oxygen atoms in total. The van der Waals surface area contributed by atoms with Gasteiger partial charge in [0.2, 0.25) is 0 Å². The first-order chi connectivity index (χ1) is 8.70. The van der Waals surface area contributed by atoms with Gasteiger partial charge in [-0.2, -0.15) is 0 Å². The number of aromatic nitrogens is 1. The second kappa shape index (κ2) is 5.82. The van der Waals surface area contributed by atoms with Crippen LogP contribution in [-0.4, -0.2) is 58.5 Å². The van der Waals surface area contributed by atoms with Crippen LogP contribution in [-0.2, 0) is 0 Å². The molecule has 1 aromatic heterocycles. The summed E-state index contributed by atoms with van der Waals surface area (Å²) in [5, 5.41) is 9.33. The number of hydrogen-bond donors (Lipinski definition) is 1. The maximum absolute atomic E-state index is 12.2. The molecule has 2 heterocycles. The van der Waals surface area contributed by atoms with Gasteiger partial charge < -0.3 is 10.0 Å². The fraction of sp³-hybridized carbons (Fsp3) is 0.538. The van der Waals surface area contributed by atoms with E-state index in [9.17, 15) is 9.90 Å². The predicted octanol–water partition coefficient (Wildman–Crippen LogP) is 0.955. The molecule has 1 N–H and O–H groups in total. The molecule has 0 unspecified atom stereocenters. The van der Waals surface area contributed by atoms with Gasteiger partial charge in [-0.05, 0) is 19.0 Å². The van der Waals surface area contributed by atoms with Gasteiger partial charge >= 0.3 is 0 Å². The number of pyridine rings is 1. The molecule has 1 aliphatic heterocycles. The number of hydrogen-bond acceptors (Lipinski definition) is 4. The van der Waals surface area contributed by atoms with Crippen LogP contribution in [0.25, 0.3) is 0 Å². The van der Waals surface area contributed by atoms with E-state index in [2.05, 4.69) is 16.8 Å². The Morgan fingerprint density at radius 2 is 2.06 bits per heavy atom. The van der Waals surface area contributed by atoms with Crippen molar-refractivity contribution in [3.8, 4) is 5.75 Å². The summed E-state index contributed by atoms with van der Waals surface area (Å²) in [6.45, 7) is 6.59. The van der Waals surface area contributed by atoms with E-state index in [4.69, 9.17) is 0 Å². The zero-order chi connectivity index (χ0) is 13.0. The highest BCUT2D eigenvalue weighted by atomic mass is 16.3. The van der Waals surface area contributed by atoms with E-state index >= 15 is 0 Å². The fourth-order valence-corrected chi connectivity index (χ4v) is 2.22. The molecular weight excluding hydrogens is 230 g/mol. The van der Waals surface area contributed by atoms with Crippen LogP contribution >= 0.6 is 0 Å². The molecule has 1 aromatic rings. The van der Waals surface area contributed by atoms with Crippen molar-refractivity contribution in [3.63, 3.8) is 0 Å². The largest absolute Gasteiger partial charge is 0.506 e. The molecule has 0 saturated carbocycles. The van der Waals surface area contributed by atoms with E-state index in [1.54, 1.807) is 0 Å². The lowest BCUT2D eigenvalue weighted by atomic mass is 10.2. The molecular formula is C13H19N3O2. The van der Waals surface area contributed by atoms with Crippen LogP contribution in [0.4, 0.5) is 0 Å². The minimum absolute atomic E-state index is 0.0328. The summed E-state index contributed by atoms with van der Waals surface area (Å²) in [6.07, 6.45) is 3.97. The molecule has 0 aliphatic carbocycles. The molecule has 1 fully saturated rings. The number of carbonyl (C=O) groups excluding carboxylic acids is 1. The quantitative estimate of drug-likeness (QED) is 0.866. The molecule has 0 aromatic carbocycles. The summed E-state index contributed by atoms with van der Waals surface area (Å²) in [5.74, 6) is -0.0139. The molecule has 18 heavy (non-hydrogen) atoms.